The van der Waals surface area contributed by atoms with Crippen molar-refractivity contribution in [1.82, 2.24) is 14.3 Å². The lowest BCUT2D eigenvalue weighted by molar-refractivity contribution is 0.122. The van der Waals surface area contributed by atoms with E-state index < -0.39 is 26.6 Å². The Morgan fingerprint density at radius 3 is 2.34 bits per heavy atom. The zero-order valence-electron chi connectivity index (χ0n) is 15.5. The summed E-state index contributed by atoms with van der Waals surface area (Å²) in [4.78, 5) is 21.4. The van der Waals surface area contributed by atoms with E-state index in [0.29, 0.717) is 49.6 Å². The van der Waals surface area contributed by atoms with Gasteiger partial charge in [0, 0.05) is 44.2 Å². The summed E-state index contributed by atoms with van der Waals surface area (Å²) in [5, 5.41) is 0. The fraction of sp³-hybridized carbons (Fsp3) is 0.444. The van der Waals surface area contributed by atoms with Crippen LogP contribution in [0.4, 0.5) is 14.7 Å². The van der Waals surface area contributed by atoms with Gasteiger partial charge in [0.05, 0.1) is 23.8 Å². The highest BCUT2D eigenvalue weighted by Crippen LogP contribution is 2.22. The van der Waals surface area contributed by atoms with Crippen molar-refractivity contribution in [2.75, 3.05) is 44.3 Å². The lowest BCUT2D eigenvalue weighted by Crippen LogP contribution is -2.38. The average molecular weight is 426 g/mol. The van der Waals surface area contributed by atoms with Gasteiger partial charge in [-0.05, 0) is 18.6 Å². The molecule has 1 saturated heterocycles. The summed E-state index contributed by atoms with van der Waals surface area (Å²) >= 11 is 0. The number of ether oxygens (including phenoxy) is 1. The van der Waals surface area contributed by atoms with Gasteiger partial charge in [0.15, 0.2) is 0 Å². The minimum atomic E-state index is -4.11. The van der Waals surface area contributed by atoms with E-state index in [1.807, 2.05) is 4.90 Å². The van der Waals surface area contributed by atoms with E-state index in [4.69, 9.17) is 4.74 Å². The summed E-state index contributed by atoms with van der Waals surface area (Å²) in [5.74, 6) is -1.48. The van der Waals surface area contributed by atoms with Crippen LogP contribution in [-0.4, -0.2) is 62.1 Å². The smallest absolute Gasteiger partial charge is 0.255 e. The number of sulfonamides is 1. The standard InChI is InChI=1S/C18H20F2N4O4S/c19-12-9-13(20)11-14(10-12)29(26,27)24-3-1-15-16(2-4-24)21-18(22-17(15)25)23-5-7-28-8-6-23/h9-11H,1-8H2,(H,21,22,25). The summed E-state index contributed by atoms with van der Waals surface area (Å²) in [6.45, 7) is 2.37. The number of nitrogens with zero attached hydrogens (tertiary/aromatic N) is 3. The van der Waals surface area contributed by atoms with Crippen LogP contribution < -0.4 is 10.5 Å². The van der Waals surface area contributed by atoms with E-state index in [-0.39, 0.29) is 31.5 Å². The number of hydrogen-bond donors (Lipinski definition) is 1. The summed E-state index contributed by atoms with van der Waals surface area (Å²) in [7, 11) is -4.11. The van der Waals surface area contributed by atoms with Crippen LogP contribution in [0, 0.1) is 11.6 Å². The minimum absolute atomic E-state index is 0.0229. The normalized spacial score (nSPS) is 18.3. The summed E-state index contributed by atoms with van der Waals surface area (Å²) < 4.78 is 59.2. The fourth-order valence-electron chi connectivity index (χ4n) is 3.57. The van der Waals surface area contributed by atoms with Gasteiger partial charge < -0.3 is 9.64 Å². The molecule has 1 fully saturated rings. The van der Waals surface area contributed by atoms with Gasteiger partial charge in [-0.15, -0.1) is 0 Å². The molecule has 3 heterocycles. The molecule has 0 bridgehead atoms. The number of rotatable bonds is 3. The molecule has 1 N–H and O–H groups in total. The molecule has 0 amide bonds. The van der Waals surface area contributed by atoms with Crippen molar-refractivity contribution in [3.63, 3.8) is 0 Å². The predicted octanol–water partition coefficient (Wildman–Crippen LogP) is 0.674. The third-order valence-electron chi connectivity index (χ3n) is 5.08. The van der Waals surface area contributed by atoms with Crippen molar-refractivity contribution in [2.24, 2.45) is 0 Å². The van der Waals surface area contributed by atoms with Crippen LogP contribution in [0.15, 0.2) is 27.9 Å². The first kappa shape index (κ1) is 19.9. The lowest BCUT2D eigenvalue weighted by Gasteiger charge is -2.27. The number of aromatic amines is 1. The van der Waals surface area contributed by atoms with Gasteiger partial charge in [-0.2, -0.15) is 4.31 Å². The SMILES string of the molecule is O=c1[nH]c(N2CCOCC2)nc2c1CCN(S(=O)(=O)c1cc(F)cc(F)c1)CC2. The Morgan fingerprint density at radius 2 is 1.66 bits per heavy atom. The van der Waals surface area contributed by atoms with Crippen LogP contribution in [0.3, 0.4) is 0 Å². The van der Waals surface area contributed by atoms with Gasteiger partial charge in [0.2, 0.25) is 16.0 Å². The molecule has 29 heavy (non-hydrogen) atoms. The zero-order chi connectivity index (χ0) is 20.6. The van der Waals surface area contributed by atoms with Crippen molar-refractivity contribution in [2.45, 2.75) is 17.7 Å². The highest BCUT2D eigenvalue weighted by molar-refractivity contribution is 7.89. The largest absolute Gasteiger partial charge is 0.378 e. The topological polar surface area (TPSA) is 95.6 Å². The van der Waals surface area contributed by atoms with Gasteiger partial charge in [-0.3, -0.25) is 9.78 Å². The van der Waals surface area contributed by atoms with Crippen LogP contribution >= 0.6 is 0 Å². The number of morpholine rings is 1. The van der Waals surface area contributed by atoms with E-state index in [2.05, 4.69) is 9.97 Å². The molecule has 0 spiro atoms. The van der Waals surface area contributed by atoms with E-state index >= 15 is 0 Å². The van der Waals surface area contributed by atoms with Crippen molar-refractivity contribution in [1.29, 1.82) is 0 Å². The molecule has 0 radical (unpaired) electrons. The molecule has 0 aliphatic carbocycles. The Hall–Kier alpha value is -2.37. The molecular formula is C18H20F2N4O4S. The summed E-state index contributed by atoms with van der Waals surface area (Å²) in [5.41, 5.74) is 0.677. The van der Waals surface area contributed by atoms with Crippen LogP contribution in [0.1, 0.15) is 11.3 Å². The molecule has 156 valence electrons. The predicted molar refractivity (Wildman–Crippen MR) is 100 cm³/mol. The molecule has 1 aromatic heterocycles. The number of aromatic nitrogens is 2. The Bertz CT molecular complexity index is 1060. The zero-order valence-corrected chi connectivity index (χ0v) is 16.3. The molecule has 2 aliphatic heterocycles. The van der Waals surface area contributed by atoms with Crippen molar-refractivity contribution in [3.8, 4) is 0 Å². The fourth-order valence-corrected chi connectivity index (χ4v) is 5.05. The molecule has 1 aromatic carbocycles. The van der Waals surface area contributed by atoms with Crippen molar-refractivity contribution >= 4 is 16.0 Å². The van der Waals surface area contributed by atoms with Crippen LogP contribution in [-0.2, 0) is 27.6 Å². The van der Waals surface area contributed by atoms with E-state index in [1.165, 1.54) is 0 Å². The summed E-state index contributed by atoms with van der Waals surface area (Å²) in [6.07, 6.45) is 0.395. The number of fused-ring (bicyclic) bond motifs is 1. The quantitative estimate of drug-likeness (QED) is 0.775. The van der Waals surface area contributed by atoms with E-state index in [1.54, 1.807) is 0 Å². The molecule has 8 nitrogen and oxygen atoms in total. The molecule has 2 aromatic rings. The number of nitrogens with one attached hydrogen (secondary N) is 1. The third kappa shape index (κ3) is 4.02. The van der Waals surface area contributed by atoms with Crippen LogP contribution in [0.2, 0.25) is 0 Å². The first-order valence-electron chi connectivity index (χ1n) is 9.25. The highest BCUT2D eigenvalue weighted by atomic mass is 32.2. The second-order valence-corrected chi connectivity index (χ2v) is 8.86. The molecular weight excluding hydrogens is 406 g/mol. The van der Waals surface area contributed by atoms with Gasteiger partial charge >= 0.3 is 0 Å². The average Bonchev–Trinajstić information content (AvgIpc) is 2.91. The van der Waals surface area contributed by atoms with Gasteiger partial charge in [0.1, 0.15) is 11.6 Å². The maximum Gasteiger partial charge on any atom is 0.255 e. The Kier molecular flexibility index (Phi) is 5.36. The monoisotopic (exact) mass is 426 g/mol. The van der Waals surface area contributed by atoms with Gasteiger partial charge in [-0.1, -0.05) is 0 Å². The molecule has 2 aliphatic rings. The number of hydrogen-bond acceptors (Lipinski definition) is 6. The third-order valence-corrected chi connectivity index (χ3v) is 6.96. The minimum Gasteiger partial charge on any atom is -0.378 e. The maximum absolute atomic E-state index is 13.5. The Labute approximate surface area is 166 Å². The maximum atomic E-state index is 13.5. The number of benzene rings is 1. The second kappa shape index (κ2) is 7.81. The van der Waals surface area contributed by atoms with E-state index in [9.17, 15) is 22.0 Å². The van der Waals surface area contributed by atoms with Crippen LogP contribution in [0.25, 0.3) is 0 Å². The summed E-state index contributed by atoms with van der Waals surface area (Å²) in [6, 6.07) is 2.20. The first-order chi connectivity index (χ1) is 13.8. The molecule has 0 atom stereocenters. The van der Waals surface area contributed by atoms with Crippen molar-refractivity contribution in [3.05, 3.63) is 51.4 Å². The van der Waals surface area contributed by atoms with E-state index in [0.717, 1.165) is 16.4 Å². The number of halogens is 2. The van der Waals surface area contributed by atoms with Crippen LogP contribution in [0.5, 0.6) is 0 Å². The number of anilines is 1. The first-order valence-corrected chi connectivity index (χ1v) is 10.7. The van der Waals surface area contributed by atoms with Crippen molar-refractivity contribution < 1.29 is 21.9 Å². The lowest BCUT2D eigenvalue weighted by atomic mass is 10.1. The molecule has 0 saturated carbocycles. The highest BCUT2D eigenvalue weighted by Gasteiger charge is 2.29. The molecule has 4 rings (SSSR count). The van der Waals surface area contributed by atoms with Gasteiger partial charge in [0.25, 0.3) is 5.56 Å². The Morgan fingerprint density at radius 1 is 1.00 bits per heavy atom. The second-order valence-electron chi connectivity index (χ2n) is 6.92. The molecule has 11 heteroatoms. The Balaban J connectivity index is 1.60. The molecule has 0 unspecified atom stereocenters. The number of H-pyrrole nitrogens is 1. The van der Waals surface area contributed by atoms with Gasteiger partial charge in [-0.25, -0.2) is 22.2 Å².